The van der Waals surface area contributed by atoms with Crippen molar-refractivity contribution in [2.24, 2.45) is 0 Å². The Hall–Kier alpha value is -3.30. The molecule has 10 heteroatoms. The maximum Gasteiger partial charge on any atom is 0.409 e. The minimum Gasteiger partial charge on any atom is -0.465 e. The third-order valence-corrected chi connectivity index (χ3v) is 6.02. The smallest absolute Gasteiger partial charge is 0.409 e. The Morgan fingerprint density at radius 3 is 2.44 bits per heavy atom. The van der Waals surface area contributed by atoms with E-state index < -0.39 is 17.8 Å². The first-order valence-electron chi connectivity index (χ1n) is 10.9. The molecule has 0 radical (unpaired) electrons. The van der Waals surface area contributed by atoms with Gasteiger partial charge in [-0.2, -0.15) is 0 Å². The number of ether oxygens (including phenoxy) is 1. The fraction of sp³-hybridized carbons (Fsp3) is 0.545. The summed E-state index contributed by atoms with van der Waals surface area (Å²) in [5.74, 6) is -0.719. The zero-order valence-electron chi connectivity index (χ0n) is 18.1. The quantitative estimate of drug-likeness (QED) is 0.473. The van der Waals surface area contributed by atoms with E-state index in [4.69, 9.17) is 9.84 Å². The van der Waals surface area contributed by atoms with Gasteiger partial charge in [-0.05, 0) is 31.2 Å². The molecule has 0 spiro atoms. The number of nitrogens with zero attached hydrogens (tertiary/aromatic N) is 1. The minimum absolute atomic E-state index is 0.0446. The summed E-state index contributed by atoms with van der Waals surface area (Å²) in [6.45, 7) is 2.09. The van der Waals surface area contributed by atoms with Crippen LogP contribution in [0.25, 0.3) is 0 Å². The fourth-order valence-corrected chi connectivity index (χ4v) is 4.32. The van der Waals surface area contributed by atoms with Crippen LogP contribution >= 0.6 is 0 Å². The molecule has 4 N–H and O–H groups in total. The van der Waals surface area contributed by atoms with Crippen molar-refractivity contribution < 1.29 is 29.0 Å². The highest BCUT2D eigenvalue weighted by Gasteiger charge is 2.51. The lowest BCUT2D eigenvalue weighted by atomic mass is 9.90. The predicted molar refractivity (Wildman–Crippen MR) is 114 cm³/mol. The van der Waals surface area contributed by atoms with Crippen molar-refractivity contribution >= 4 is 24.0 Å². The Labute approximate surface area is 186 Å². The van der Waals surface area contributed by atoms with Crippen LogP contribution in [0.4, 0.5) is 9.59 Å². The van der Waals surface area contributed by atoms with Crippen LogP contribution in [0.5, 0.6) is 0 Å². The lowest BCUT2D eigenvalue weighted by molar-refractivity contribution is -0.140. The molecule has 1 aromatic carbocycles. The maximum absolute atomic E-state index is 13.4. The second kappa shape index (κ2) is 10.3. The highest BCUT2D eigenvalue weighted by molar-refractivity contribution is 5.95. The largest absolute Gasteiger partial charge is 0.465 e. The molecule has 32 heavy (non-hydrogen) atoms. The summed E-state index contributed by atoms with van der Waals surface area (Å²) in [4.78, 5) is 50.6. The van der Waals surface area contributed by atoms with Crippen molar-refractivity contribution in [1.29, 1.82) is 0 Å². The number of benzene rings is 1. The Kier molecular flexibility index (Phi) is 7.55. The molecular formula is C22H30N4O6. The highest BCUT2D eigenvalue weighted by atomic mass is 16.5. The van der Waals surface area contributed by atoms with Crippen molar-refractivity contribution in [2.45, 2.75) is 69.8 Å². The molecule has 2 aliphatic rings. The Bertz CT molecular complexity index is 840. The number of hydrogen-bond donors (Lipinski definition) is 4. The van der Waals surface area contributed by atoms with Gasteiger partial charge in [0.05, 0.1) is 0 Å². The summed E-state index contributed by atoms with van der Waals surface area (Å²) in [6.07, 6.45) is 1.11. The third kappa shape index (κ3) is 5.68. The Morgan fingerprint density at radius 1 is 1.12 bits per heavy atom. The standard InChI is InChI=1S/C22H30N4O6/c1-2-18(27)24-22(25-21(31)32-14-15-6-4-3-5-7-15)12-13-26(19(22)28)17-10-8-16(9-11-17)23-20(29)30/h3-7,16-17,23H,2,8-14H2,1H3,(H,24,27)(H,25,31)(H,29,30)/t16-,17-,22-/m0/s1. The molecule has 2 fully saturated rings. The number of nitrogens with one attached hydrogen (secondary N) is 3. The number of rotatable bonds is 7. The minimum atomic E-state index is -1.54. The average molecular weight is 447 g/mol. The molecule has 1 saturated heterocycles. The number of carbonyl (C=O) groups is 4. The van der Waals surface area contributed by atoms with Gasteiger partial charge in [0.25, 0.3) is 5.91 Å². The SMILES string of the molecule is CCC(=O)N[C@]1(NC(=O)OCc2ccccc2)CCN([C@H]2CC[C@H](NC(=O)O)CC2)C1=O. The number of likely N-dealkylation sites (tertiary alicyclic amines) is 1. The molecule has 0 aromatic heterocycles. The number of carboxylic acid groups (broad SMARTS) is 1. The van der Waals surface area contributed by atoms with Crippen LogP contribution in [0.1, 0.15) is 51.0 Å². The molecule has 1 aromatic rings. The van der Waals surface area contributed by atoms with Gasteiger partial charge in [-0.15, -0.1) is 0 Å². The van der Waals surface area contributed by atoms with E-state index >= 15 is 0 Å². The first-order valence-corrected chi connectivity index (χ1v) is 10.9. The van der Waals surface area contributed by atoms with E-state index in [1.807, 2.05) is 30.3 Å². The number of amides is 4. The molecular weight excluding hydrogens is 416 g/mol. The zero-order chi connectivity index (χ0) is 23.1. The van der Waals surface area contributed by atoms with E-state index in [1.54, 1.807) is 11.8 Å². The van der Waals surface area contributed by atoms with Crippen LogP contribution < -0.4 is 16.0 Å². The van der Waals surface area contributed by atoms with Gasteiger partial charge in [0.15, 0.2) is 5.66 Å². The average Bonchev–Trinajstić information content (AvgIpc) is 3.08. The van der Waals surface area contributed by atoms with Crippen LogP contribution in [0.2, 0.25) is 0 Å². The van der Waals surface area contributed by atoms with Crippen molar-refractivity contribution in [3.63, 3.8) is 0 Å². The molecule has 1 aliphatic heterocycles. The van der Waals surface area contributed by atoms with Gasteiger partial charge in [0.2, 0.25) is 5.91 Å². The number of alkyl carbamates (subject to hydrolysis) is 1. The van der Waals surface area contributed by atoms with Crippen LogP contribution in [-0.4, -0.2) is 58.3 Å². The molecule has 10 nitrogen and oxygen atoms in total. The second-order valence-corrected chi connectivity index (χ2v) is 8.20. The van der Waals surface area contributed by atoms with Gasteiger partial charge in [0, 0.05) is 31.5 Å². The molecule has 1 aliphatic carbocycles. The molecule has 1 heterocycles. The fourth-order valence-electron chi connectivity index (χ4n) is 4.32. The summed E-state index contributed by atoms with van der Waals surface area (Å²) in [5.41, 5.74) is -0.739. The van der Waals surface area contributed by atoms with E-state index in [1.165, 1.54) is 0 Å². The third-order valence-electron chi connectivity index (χ3n) is 6.02. The second-order valence-electron chi connectivity index (χ2n) is 8.20. The van der Waals surface area contributed by atoms with Crippen molar-refractivity contribution in [1.82, 2.24) is 20.9 Å². The van der Waals surface area contributed by atoms with Crippen molar-refractivity contribution in [3.8, 4) is 0 Å². The maximum atomic E-state index is 13.4. The van der Waals surface area contributed by atoms with Crippen LogP contribution in [0.3, 0.4) is 0 Å². The van der Waals surface area contributed by atoms with Gasteiger partial charge in [0.1, 0.15) is 6.61 Å². The lowest BCUT2D eigenvalue weighted by Gasteiger charge is -2.36. The molecule has 174 valence electrons. The summed E-state index contributed by atoms with van der Waals surface area (Å²) >= 11 is 0. The zero-order valence-corrected chi connectivity index (χ0v) is 18.1. The molecule has 0 bridgehead atoms. The van der Waals surface area contributed by atoms with E-state index in [0.717, 1.165) is 5.56 Å². The molecule has 3 rings (SSSR count). The summed E-state index contributed by atoms with van der Waals surface area (Å²) < 4.78 is 5.27. The first-order chi connectivity index (χ1) is 15.3. The van der Waals surface area contributed by atoms with E-state index in [-0.39, 0.29) is 43.3 Å². The van der Waals surface area contributed by atoms with Crippen molar-refractivity contribution in [3.05, 3.63) is 35.9 Å². The van der Waals surface area contributed by atoms with Gasteiger partial charge in [-0.1, -0.05) is 37.3 Å². The normalized spacial score (nSPS) is 25.2. The molecule has 0 unspecified atom stereocenters. The first kappa shape index (κ1) is 23.4. The van der Waals surface area contributed by atoms with Crippen LogP contribution in [0.15, 0.2) is 30.3 Å². The van der Waals surface area contributed by atoms with Gasteiger partial charge in [-0.3, -0.25) is 14.9 Å². The number of hydrogen-bond acceptors (Lipinski definition) is 5. The van der Waals surface area contributed by atoms with E-state index in [0.29, 0.717) is 32.2 Å². The van der Waals surface area contributed by atoms with Crippen LogP contribution in [-0.2, 0) is 20.9 Å². The summed E-state index contributed by atoms with van der Waals surface area (Å²) in [7, 11) is 0. The summed E-state index contributed by atoms with van der Waals surface area (Å²) in [6, 6.07) is 8.96. The van der Waals surface area contributed by atoms with Gasteiger partial charge < -0.3 is 25.4 Å². The van der Waals surface area contributed by atoms with E-state index in [2.05, 4.69) is 16.0 Å². The Balaban J connectivity index is 1.64. The lowest BCUT2D eigenvalue weighted by Crippen LogP contribution is -2.65. The van der Waals surface area contributed by atoms with Gasteiger partial charge in [-0.25, -0.2) is 9.59 Å². The number of carbonyl (C=O) groups excluding carboxylic acids is 3. The molecule has 1 atom stereocenters. The predicted octanol–water partition coefficient (Wildman–Crippen LogP) is 1.95. The summed E-state index contributed by atoms with van der Waals surface area (Å²) in [5, 5.41) is 16.7. The Morgan fingerprint density at radius 2 is 1.81 bits per heavy atom. The monoisotopic (exact) mass is 446 g/mol. The van der Waals surface area contributed by atoms with E-state index in [9.17, 15) is 19.2 Å². The highest BCUT2D eigenvalue weighted by Crippen LogP contribution is 2.30. The topological polar surface area (TPSA) is 137 Å². The van der Waals surface area contributed by atoms with Gasteiger partial charge >= 0.3 is 12.2 Å². The molecule has 4 amide bonds. The molecule has 1 saturated carbocycles. The van der Waals surface area contributed by atoms with Crippen LogP contribution in [0, 0.1) is 0 Å². The van der Waals surface area contributed by atoms with Crippen molar-refractivity contribution in [2.75, 3.05) is 6.54 Å².